The molecule has 7 heteroatoms. The number of nitrogens with one attached hydrogen (secondary N) is 1. The molecule has 0 bridgehead atoms. The normalized spacial score (nSPS) is 18.5. The maximum Gasteiger partial charge on any atom is 0.185 e. The summed E-state index contributed by atoms with van der Waals surface area (Å²) in [5, 5.41) is 11.2. The number of fused-ring (bicyclic) bond motifs is 1. The summed E-state index contributed by atoms with van der Waals surface area (Å²) in [6, 6.07) is 4.40. The van der Waals surface area contributed by atoms with E-state index in [-0.39, 0.29) is 0 Å². The Bertz CT molecular complexity index is 750. The number of rotatable bonds is 3. The lowest BCUT2D eigenvalue weighted by Crippen LogP contribution is -2.26. The molecule has 3 aromatic heterocycles. The van der Waals surface area contributed by atoms with E-state index in [1.54, 1.807) is 11.3 Å². The molecule has 0 amide bonds. The molecular formula is C14H16N6S. The maximum atomic E-state index is 4.56. The van der Waals surface area contributed by atoms with Crippen LogP contribution >= 0.6 is 11.3 Å². The van der Waals surface area contributed by atoms with Gasteiger partial charge in [0.2, 0.25) is 0 Å². The zero-order valence-electron chi connectivity index (χ0n) is 11.7. The van der Waals surface area contributed by atoms with Gasteiger partial charge in [-0.2, -0.15) is 0 Å². The smallest absolute Gasteiger partial charge is 0.185 e. The Morgan fingerprint density at radius 1 is 1.38 bits per heavy atom. The third-order valence-electron chi connectivity index (χ3n) is 3.67. The second-order valence-corrected chi connectivity index (χ2v) is 6.17. The van der Waals surface area contributed by atoms with Crippen LogP contribution in [0.5, 0.6) is 0 Å². The zero-order valence-corrected chi connectivity index (χ0v) is 12.5. The molecule has 3 aromatic rings. The summed E-state index contributed by atoms with van der Waals surface area (Å²) in [4.78, 5) is 11.1. The highest BCUT2D eigenvalue weighted by Gasteiger charge is 2.24. The highest BCUT2D eigenvalue weighted by Crippen LogP contribution is 2.23. The summed E-state index contributed by atoms with van der Waals surface area (Å²) in [5.74, 6) is 0.894. The van der Waals surface area contributed by atoms with Gasteiger partial charge >= 0.3 is 0 Å². The highest BCUT2D eigenvalue weighted by molar-refractivity contribution is 7.13. The summed E-state index contributed by atoms with van der Waals surface area (Å²) in [6.07, 6.45) is 4.90. The van der Waals surface area contributed by atoms with Crippen molar-refractivity contribution in [2.45, 2.75) is 19.4 Å². The molecule has 4 heterocycles. The van der Waals surface area contributed by atoms with Crippen LogP contribution in [0.4, 0.5) is 10.9 Å². The molecule has 0 saturated carbocycles. The molecule has 6 nitrogen and oxygen atoms in total. The Morgan fingerprint density at radius 2 is 2.33 bits per heavy atom. The molecule has 1 N–H and O–H groups in total. The standard InChI is InChI=1S/C14H16N6S/c1-10-8-20-13(16-10)3-2-12(18-20)17-11-4-6-19(9-11)14-15-5-7-21-14/h2-3,5,7-8,11H,4,6,9H2,1H3,(H,17,18)/t11-/m0/s1. The van der Waals surface area contributed by atoms with E-state index in [9.17, 15) is 0 Å². The minimum atomic E-state index is 0.406. The molecule has 0 unspecified atom stereocenters. The Kier molecular flexibility index (Phi) is 2.99. The fourth-order valence-electron chi connectivity index (χ4n) is 2.71. The SMILES string of the molecule is Cc1cn2nc(N[C@H]3CCN(c4nccs4)C3)ccc2n1. The van der Waals surface area contributed by atoms with E-state index in [1.165, 1.54) is 0 Å². The van der Waals surface area contributed by atoms with Crippen LogP contribution in [0, 0.1) is 6.92 Å². The van der Waals surface area contributed by atoms with Crippen molar-refractivity contribution >= 4 is 27.9 Å². The van der Waals surface area contributed by atoms with Crippen LogP contribution < -0.4 is 10.2 Å². The molecule has 1 aliphatic heterocycles. The fourth-order valence-corrected chi connectivity index (χ4v) is 3.39. The van der Waals surface area contributed by atoms with E-state index in [0.29, 0.717) is 6.04 Å². The zero-order chi connectivity index (χ0) is 14.2. The molecule has 1 aliphatic rings. The topological polar surface area (TPSA) is 58.4 Å². The van der Waals surface area contributed by atoms with Crippen LogP contribution in [0.3, 0.4) is 0 Å². The van der Waals surface area contributed by atoms with Crippen LogP contribution in [-0.2, 0) is 0 Å². The van der Waals surface area contributed by atoms with Gasteiger partial charge in [0.1, 0.15) is 5.82 Å². The molecular weight excluding hydrogens is 284 g/mol. The van der Waals surface area contributed by atoms with Gasteiger partial charge < -0.3 is 10.2 Å². The average Bonchev–Trinajstić information content (AvgIpc) is 3.16. The van der Waals surface area contributed by atoms with Gasteiger partial charge in [0.25, 0.3) is 0 Å². The van der Waals surface area contributed by atoms with E-state index in [4.69, 9.17) is 0 Å². The second-order valence-electron chi connectivity index (χ2n) is 5.29. The first-order valence-electron chi connectivity index (χ1n) is 7.02. The summed E-state index contributed by atoms with van der Waals surface area (Å²) < 4.78 is 1.82. The summed E-state index contributed by atoms with van der Waals surface area (Å²) in [7, 11) is 0. The lowest BCUT2D eigenvalue weighted by molar-refractivity contribution is 0.788. The van der Waals surface area contributed by atoms with Crippen LogP contribution in [0.25, 0.3) is 5.65 Å². The number of hydrogen-bond acceptors (Lipinski definition) is 6. The summed E-state index contributed by atoms with van der Waals surface area (Å²) in [5.41, 5.74) is 1.87. The largest absolute Gasteiger partial charge is 0.364 e. The van der Waals surface area contributed by atoms with Crippen LogP contribution in [-0.4, -0.2) is 38.7 Å². The van der Waals surface area contributed by atoms with Crippen molar-refractivity contribution in [1.29, 1.82) is 0 Å². The van der Waals surface area contributed by atoms with Crippen LogP contribution in [0.15, 0.2) is 29.9 Å². The van der Waals surface area contributed by atoms with E-state index < -0.39 is 0 Å². The van der Waals surface area contributed by atoms with Crippen LogP contribution in [0.2, 0.25) is 0 Å². The Labute approximate surface area is 126 Å². The van der Waals surface area contributed by atoms with Crippen LogP contribution in [0.1, 0.15) is 12.1 Å². The maximum absolute atomic E-state index is 4.56. The van der Waals surface area contributed by atoms with E-state index in [1.807, 2.05) is 41.3 Å². The predicted octanol–water partition coefficient (Wildman–Crippen LogP) is 2.19. The predicted molar refractivity (Wildman–Crippen MR) is 84.1 cm³/mol. The third-order valence-corrected chi connectivity index (χ3v) is 4.50. The lowest BCUT2D eigenvalue weighted by atomic mass is 10.2. The molecule has 0 aromatic carbocycles. The lowest BCUT2D eigenvalue weighted by Gasteiger charge is -2.16. The number of aryl methyl sites for hydroxylation is 1. The van der Waals surface area contributed by atoms with E-state index >= 15 is 0 Å². The van der Waals surface area contributed by atoms with Gasteiger partial charge in [-0.15, -0.1) is 16.4 Å². The Morgan fingerprint density at radius 3 is 3.19 bits per heavy atom. The molecule has 0 aliphatic carbocycles. The number of thiazole rings is 1. The van der Waals surface area contributed by atoms with Crippen molar-refractivity contribution in [2.75, 3.05) is 23.3 Å². The molecule has 1 fully saturated rings. The first-order chi connectivity index (χ1) is 10.3. The molecule has 1 saturated heterocycles. The number of hydrogen-bond donors (Lipinski definition) is 1. The minimum absolute atomic E-state index is 0.406. The summed E-state index contributed by atoms with van der Waals surface area (Å²) in [6.45, 7) is 3.98. The summed E-state index contributed by atoms with van der Waals surface area (Å²) >= 11 is 1.69. The molecule has 0 spiro atoms. The van der Waals surface area contributed by atoms with Crippen molar-refractivity contribution in [1.82, 2.24) is 19.6 Å². The van der Waals surface area contributed by atoms with Crippen molar-refractivity contribution in [3.8, 4) is 0 Å². The fraction of sp³-hybridized carbons (Fsp3) is 0.357. The van der Waals surface area contributed by atoms with Gasteiger partial charge in [0.05, 0.1) is 11.9 Å². The first-order valence-corrected chi connectivity index (χ1v) is 7.90. The highest BCUT2D eigenvalue weighted by atomic mass is 32.1. The second kappa shape index (κ2) is 5.00. The van der Waals surface area contributed by atoms with E-state index in [2.05, 4.69) is 25.3 Å². The molecule has 21 heavy (non-hydrogen) atoms. The van der Waals surface area contributed by atoms with Gasteiger partial charge in [-0.3, -0.25) is 0 Å². The number of anilines is 2. The molecule has 4 rings (SSSR count). The minimum Gasteiger partial charge on any atom is -0.364 e. The first kappa shape index (κ1) is 12.6. The van der Waals surface area contributed by atoms with Gasteiger partial charge in [-0.05, 0) is 25.5 Å². The van der Waals surface area contributed by atoms with Crippen molar-refractivity contribution < 1.29 is 0 Å². The van der Waals surface area contributed by atoms with Crippen molar-refractivity contribution in [3.05, 3.63) is 35.6 Å². The molecule has 1 atom stereocenters. The third kappa shape index (κ3) is 2.44. The van der Waals surface area contributed by atoms with Gasteiger partial charge in [-0.1, -0.05) is 0 Å². The monoisotopic (exact) mass is 300 g/mol. The quantitative estimate of drug-likeness (QED) is 0.803. The van der Waals surface area contributed by atoms with Crippen molar-refractivity contribution in [2.24, 2.45) is 0 Å². The van der Waals surface area contributed by atoms with E-state index in [0.717, 1.165) is 41.8 Å². The molecule has 0 radical (unpaired) electrons. The Balaban J connectivity index is 1.48. The van der Waals surface area contributed by atoms with Gasteiger partial charge in [-0.25, -0.2) is 14.5 Å². The number of imidazole rings is 1. The Hall–Kier alpha value is -2.15. The van der Waals surface area contributed by atoms with Gasteiger partial charge in [0, 0.05) is 30.7 Å². The number of aromatic nitrogens is 4. The van der Waals surface area contributed by atoms with Crippen molar-refractivity contribution in [3.63, 3.8) is 0 Å². The average molecular weight is 300 g/mol. The number of nitrogens with zero attached hydrogens (tertiary/aromatic N) is 5. The molecule has 108 valence electrons. The van der Waals surface area contributed by atoms with Gasteiger partial charge in [0.15, 0.2) is 10.8 Å².